The molecule has 0 saturated heterocycles. The number of hydrogen-bond acceptors (Lipinski definition) is 4. The van der Waals surface area contributed by atoms with Crippen molar-refractivity contribution < 1.29 is 19.9 Å². The number of hydrogen-bond donors (Lipinski definition) is 4. The number of benzene rings is 3. The molecule has 0 radical (unpaired) electrons. The molecule has 124 valence electrons. The molecule has 0 heterocycles. The van der Waals surface area contributed by atoms with E-state index < -0.39 is 7.12 Å². The molecular formula is C19H16BNO4. The van der Waals surface area contributed by atoms with Crippen LogP contribution in [0.3, 0.4) is 0 Å². The van der Waals surface area contributed by atoms with Gasteiger partial charge in [-0.25, -0.2) is 0 Å². The van der Waals surface area contributed by atoms with Crippen LogP contribution >= 0.6 is 0 Å². The van der Waals surface area contributed by atoms with Crippen LogP contribution in [0, 0.1) is 0 Å². The molecule has 0 aromatic heterocycles. The van der Waals surface area contributed by atoms with Gasteiger partial charge in [0.2, 0.25) is 0 Å². The highest BCUT2D eigenvalue weighted by Gasteiger charge is 2.12. The molecule has 0 saturated carbocycles. The molecule has 25 heavy (non-hydrogen) atoms. The lowest BCUT2D eigenvalue weighted by atomic mass is 9.80. The van der Waals surface area contributed by atoms with Crippen LogP contribution in [0.2, 0.25) is 0 Å². The van der Waals surface area contributed by atoms with Crippen molar-refractivity contribution in [2.45, 2.75) is 0 Å². The molecule has 3 rings (SSSR count). The number of phenols is 1. The van der Waals surface area contributed by atoms with Crippen molar-refractivity contribution >= 4 is 24.2 Å². The van der Waals surface area contributed by atoms with Gasteiger partial charge in [0.05, 0.1) is 0 Å². The number of carbonyl (C=O) groups is 1. The van der Waals surface area contributed by atoms with Gasteiger partial charge >= 0.3 is 7.12 Å². The summed E-state index contributed by atoms with van der Waals surface area (Å²) in [5.41, 5.74) is 3.15. The van der Waals surface area contributed by atoms with E-state index in [-0.39, 0.29) is 11.7 Å². The minimum atomic E-state index is -1.58. The van der Waals surface area contributed by atoms with Crippen LogP contribution in [0.5, 0.6) is 5.75 Å². The second-order valence-electron chi connectivity index (χ2n) is 5.58. The van der Waals surface area contributed by atoms with E-state index in [1.165, 1.54) is 6.07 Å². The smallest absolute Gasteiger partial charge is 0.488 e. The monoisotopic (exact) mass is 333 g/mol. The van der Waals surface area contributed by atoms with Crippen LogP contribution in [0.4, 0.5) is 5.69 Å². The molecule has 0 fully saturated rings. The van der Waals surface area contributed by atoms with Crippen molar-refractivity contribution in [3.63, 3.8) is 0 Å². The third-order valence-electron chi connectivity index (χ3n) is 3.79. The van der Waals surface area contributed by atoms with Gasteiger partial charge in [0, 0.05) is 11.3 Å². The standard InChI is InChI=1S/C19H16BNO4/c22-18-10-8-14(9-11-18)13-4-6-15(7-5-13)19(23)21-17-3-1-2-16(12-17)20(24)25/h1-12,22,24-25H,(H,21,23). The molecule has 0 unspecified atom stereocenters. The fourth-order valence-corrected chi connectivity index (χ4v) is 2.45. The van der Waals surface area contributed by atoms with Gasteiger partial charge in [-0.15, -0.1) is 0 Å². The number of amides is 1. The molecule has 6 heteroatoms. The van der Waals surface area contributed by atoms with E-state index in [4.69, 9.17) is 0 Å². The lowest BCUT2D eigenvalue weighted by Crippen LogP contribution is -2.30. The zero-order chi connectivity index (χ0) is 17.8. The first-order valence-corrected chi connectivity index (χ1v) is 7.70. The summed E-state index contributed by atoms with van der Waals surface area (Å²) < 4.78 is 0. The molecule has 0 aliphatic heterocycles. The van der Waals surface area contributed by atoms with Gasteiger partial charge in [-0.1, -0.05) is 36.4 Å². The van der Waals surface area contributed by atoms with Crippen LogP contribution in [-0.4, -0.2) is 28.2 Å². The molecule has 0 aliphatic rings. The van der Waals surface area contributed by atoms with Gasteiger partial charge in [-0.05, 0) is 53.0 Å². The summed E-state index contributed by atoms with van der Waals surface area (Å²) in [6.07, 6.45) is 0. The molecule has 3 aromatic carbocycles. The summed E-state index contributed by atoms with van der Waals surface area (Å²) in [6.45, 7) is 0. The Kier molecular flexibility index (Phi) is 4.84. The van der Waals surface area contributed by atoms with Gasteiger partial charge in [0.1, 0.15) is 5.75 Å². The Bertz CT molecular complexity index is 877. The summed E-state index contributed by atoms with van der Waals surface area (Å²) in [5, 5.41) is 30.4. The molecule has 3 aromatic rings. The topological polar surface area (TPSA) is 89.8 Å². The van der Waals surface area contributed by atoms with Gasteiger partial charge in [-0.2, -0.15) is 0 Å². The molecular weight excluding hydrogens is 317 g/mol. The van der Waals surface area contributed by atoms with Crippen molar-refractivity contribution in [2.24, 2.45) is 0 Å². The van der Waals surface area contributed by atoms with Gasteiger partial charge in [0.25, 0.3) is 5.91 Å². The van der Waals surface area contributed by atoms with Crippen LogP contribution in [-0.2, 0) is 0 Å². The van der Waals surface area contributed by atoms with Crippen molar-refractivity contribution in [3.05, 3.63) is 78.4 Å². The first-order chi connectivity index (χ1) is 12.0. The van der Waals surface area contributed by atoms with Crippen LogP contribution in [0.15, 0.2) is 72.8 Å². The lowest BCUT2D eigenvalue weighted by molar-refractivity contribution is 0.102. The fourth-order valence-electron chi connectivity index (χ4n) is 2.45. The van der Waals surface area contributed by atoms with E-state index in [0.29, 0.717) is 16.7 Å². The van der Waals surface area contributed by atoms with E-state index in [2.05, 4.69) is 5.32 Å². The number of carbonyl (C=O) groups excluding carboxylic acids is 1. The Morgan fingerprint density at radius 3 is 2.04 bits per heavy atom. The Hall–Kier alpha value is -3.09. The molecule has 0 atom stereocenters. The Labute approximate surface area is 145 Å². The minimum Gasteiger partial charge on any atom is -0.508 e. The van der Waals surface area contributed by atoms with Gasteiger partial charge < -0.3 is 20.5 Å². The van der Waals surface area contributed by atoms with E-state index in [1.54, 1.807) is 54.6 Å². The van der Waals surface area contributed by atoms with Crippen molar-refractivity contribution in [1.29, 1.82) is 0 Å². The van der Waals surface area contributed by atoms with Crippen LogP contribution in [0.25, 0.3) is 11.1 Å². The van der Waals surface area contributed by atoms with Crippen LogP contribution in [0.1, 0.15) is 10.4 Å². The molecule has 4 N–H and O–H groups in total. The SMILES string of the molecule is O=C(Nc1cccc(B(O)O)c1)c1ccc(-c2ccc(O)cc2)cc1. The molecule has 0 spiro atoms. The summed E-state index contributed by atoms with van der Waals surface area (Å²) in [5.74, 6) is -0.0863. The number of anilines is 1. The lowest BCUT2D eigenvalue weighted by Gasteiger charge is -2.08. The first-order valence-electron chi connectivity index (χ1n) is 7.70. The van der Waals surface area contributed by atoms with E-state index in [1.807, 2.05) is 12.1 Å². The predicted octanol–water partition coefficient (Wildman–Crippen LogP) is 1.99. The summed E-state index contributed by atoms with van der Waals surface area (Å²) in [6, 6.07) is 20.3. The highest BCUT2D eigenvalue weighted by molar-refractivity contribution is 6.58. The van der Waals surface area contributed by atoms with Crippen molar-refractivity contribution in [3.8, 4) is 16.9 Å². The van der Waals surface area contributed by atoms with E-state index in [0.717, 1.165) is 11.1 Å². The summed E-state index contributed by atoms with van der Waals surface area (Å²) in [4.78, 5) is 12.3. The fraction of sp³-hybridized carbons (Fsp3) is 0. The minimum absolute atomic E-state index is 0.204. The zero-order valence-corrected chi connectivity index (χ0v) is 13.3. The maximum Gasteiger partial charge on any atom is 0.488 e. The maximum absolute atomic E-state index is 12.3. The maximum atomic E-state index is 12.3. The molecule has 0 aliphatic carbocycles. The Morgan fingerprint density at radius 2 is 1.44 bits per heavy atom. The highest BCUT2D eigenvalue weighted by Crippen LogP contribution is 2.22. The number of phenolic OH excluding ortho intramolecular Hbond substituents is 1. The molecule has 5 nitrogen and oxygen atoms in total. The quantitative estimate of drug-likeness (QED) is 0.550. The zero-order valence-electron chi connectivity index (χ0n) is 13.3. The number of aromatic hydroxyl groups is 1. The largest absolute Gasteiger partial charge is 0.508 e. The van der Waals surface area contributed by atoms with Gasteiger partial charge in [0.15, 0.2) is 0 Å². The number of nitrogens with one attached hydrogen (secondary N) is 1. The molecule has 1 amide bonds. The normalized spacial score (nSPS) is 10.3. The Balaban J connectivity index is 1.74. The third-order valence-corrected chi connectivity index (χ3v) is 3.79. The Morgan fingerprint density at radius 1 is 0.840 bits per heavy atom. The van der Waals surface area contributed by atoms with Crippen LogP contribution < -0.4 is 10.8 Å². The van der Waals surface area contributed by atoms with E-state index >= 15 is 0 Å². The van der Waals surface area contributed by atoms with Gasteiger partial charge in [-0.3, -0.25) is 4.79 Å². The van der Waals surface area contributed by atoms with Crippen molar-refractivity contribution in [1.82, 2.24) is 0 Å². The highest BCUT2D eigenvalue weighted by atomic mass is 16.4. The average Bonchev–Trinajstić information content (AvgIpc) is 2.63. The summed E-state index contributed by atoms with van der Waals surface area (Å²) in [7, 11) is -1.58. The second-order valence-corrected chi connectivity index (χ2v) is 5.58. The van der Waals surface area contributed by atoms with E-state index in [9.17, 15) is 19.9 Å². The van der Waals surface area contributed by atoms with Crippen molar-refractivity contribution in [2.75, 3.05) is 5.32 Å². The second kappa shape index (κ2) is 7.21. The number of rotatable bonds is 4. The first kappa shape index (κ1) is 16.8. The summed E-state index contributed by atoms with van der Waals surface area (Å²) >= 11 is 0. The predicted molar refractivity (Wildman–Crippen MR) is 97.8 cm³/mol. The average molecular weight is 333 g/mol. The molecule has 0 bridgehead atoms. The third kappa shape index (κ3) is 4.06.